The molecule has 3 aromatic rings. The highest BCUT2D eigenvalue weighted by Crippen LogP contribution is 2.26. The van der Waals surface area contributed by atoms with Crippen molar-refractivity contribution in [1.82, 2.24) is 25.0 Å². The molecule has 1 unspecified atom stereocenters. The number of rotatable bonds is 9. The monoisotopic (exact) mass is 430 g/mol. The fourth-order valence-corrected chi connectivity index (χ4v) is 3.94. The molecular weight excluding hydrogens is 408 g/mol. The molecular formula is C19H22N6O2S2. The highest BCUT2D eigenvalue weighted by molar-refractivity contribution is 7.99. The molecule has 0 bridgehead atoms. The molecule has 1 aromatic carbocycles. The number of nitrogens with one attached hydrogen (secondary N) is 1. The van der Waals surface area contributed by atoms with Crippen LogP contribution in [0.5, 0.6) is 5.75 Å². The number of carbonyl (C=O) groups is 1. The van der Waals surface area contributed by atoms with Crippen LogP contribution in [0.15, 0.2) is 42.1 Å². The molecule has 1 N–H and O–H groups in total. The summed E-state index contributed by atoms with van der Waals surface area (Å²) in [6.07, 6.45) is 1.46. The van der Waals surface area contributed by atoms with Gasteiger partial charge in [-0.15, -0.1) is 27.0 Å². The van der Waals surface area contributed by atoms with E-state index >= 15 is 0 Å². The predicted octanol–water partition coefficient (Wildman–Crippen LogP) is 3.80. The molecule has 0 saturated carbocycles. The average molecular weight is 431 g/mol. The summed E-state index contributed by atoms with van der Waals surface area (Å²) in [4.78, 5) is 12.2. The standard InChI is InChI=1S/C19H22N6O2S2/c1-5-10-25-17(13(3)27-15-9-7-6-8-12(15)2)22-24-19(25)28-11-16(26)20-18-23-21-14(4)29-18/h5-9,13H,1,10-11H2,2-4H3,(H,20,23,26). The smallest absolute Gasteiger partial charge is 0.236 e. The molecule has 0 radical (unpaired) electrons. The molecule has 0 aliphatic carbocycles. The van der Waals surface area contributed by atoms with Crippen LogP contribution in [-0.2, 0) is 11.3 Å². The van der Waals surface area contributed by atoms with Gasteiger partial charge in [0.15, 0.2) is 17.1 Å². The lowest BCUT2D eigenvalue weighted by atomic mass is 10.2. The minimum atomic E-state index is -0.309. The maximum absolute atomic E-state index is 12.2. The highest BCUT2D eigenvalue weighted by Gasteiger charge is 2.20. The van der Waals surface area contributed by atoms with E-state index in [1.807, 2.05) is 49.6 Å². The number of para-hydroxylation sites is 1. The van der Waals surface area contributed by atoms with Crippen molar-refractivity contribution < 1.29 is 9.53 Å². The van der Waals surface area contributed by atoms with Crippen molar-refractivity contribution in [2.24, 2.45) is 0 Å². The Kier molecular flexibility index (Phi) is 6.99. The van der Waals surface area contributed by atoms with Crippen LogP contribution in [-0.4, -0.2) is 36.6 Å². The SMILES string of the molecule is C=CCn1c(SCC(=O)Nc2nnc(C)s2)nnc1C(C)Oc1ccccc1C. The molecule has 0 aliphatic rings. The van der Waals surface area contributed by atoms with Crippen molar-refractivity contribution in [3.8, 4) is 5.75 Å². The molecule has 1 amide bonds. The van der Waals surface area contributed by atoms with Gasteiger partial charge in [0.25, 0.3) is 0 Å². The van der Waals surface area contributed by atoms with Gasteiger partial charge in [-0.2, -0.15) is 0 Å². The van der Waals surface area contributed by atoms with Crippen molar-refractivity contribution in [2.75, 3.05) is 11.1 Å². The predicted molar refractivity (Wildman–Crippen MR) is 114 cm³/mol. The van der Waals surface area contributed by atoms with Gasteiger partial charge in [-0.05, 0) is 32.4 Å². The van der Waals surface area contributed by atoms with Gasteiger partial charge in [0.2, 0.25) is 11.0 Å². The number of aryl methyl sites for hydroxylation is 2. The van der Waals surface area contributed by atoms with E-state index in [2.05, 4.69) is 32.3 Å². The Balaban J connectivity index is 1.68. The molecule has 2 aromatic heterocycles. The Morgan fingerprint density at radius 1 is 1.31 bits per heavy atom. The van der Waals surface area contributed by atoms with E-state index in [9.17, 15) is 4.79 Å². The molecule has 3 rings (SSSR count). The number of allylic oxidation sites excluding steroid dienone is 1. The summed E-state index contributed by atoms with van der Waals surface area (Å²) in [6, 6.07) is 7.82. The van der Waals surface area contributed by atoms with Gasteiger partial charge in [0.05, 0.1) is 5.75 Å². The molecule has 29 heavy (non-hydrogen) atoms. The summed E-state index contributed by atoms with van der Waals surface area (Å²) in [6.45, 7) is 10.1. The van der Waals surface area contributed by atoms with Crippen LogP contribution in [0.2, 0.25) is 0 Å². The van der Waals surface area contributed by atoms with Crippen molar-refractivity contribution in [2.45, 2.75) is 38.6 Å². The molecule has 0 spiro atoms. The largest absolute Gasteiger partial charge is 0.482 e. The maximum Gasteiger partial charge on any atom is 0.236 e. The number of benzene rings is 1. The van der Waals surface area contributed by atoms with E-state index in [4.69, 9.17) is 4.74 Å². The lowest BCUT2D eigenvalue weighted by Gasteiger charge is -2.17. The zero-order valence-electron chi connectivity index (χ0n) is 16.5. The molecule has 0 saturated heterocycles. The van der Waals surface area contributed by atoms with Crippen molar-refractivity contribution in [3.05, 3.63) is 53.3 Å². The maximum atomic E-state index is 12.2. The second kappa shape index (κ2) is 9.66. The van der Waals surface area contributed by atoms with E-state index in [0.717, 1.165) is 16.3 Å². The Bertz CT molecular complexity index is 1000. The summed E-state index contributed by atoms with van der Waals surface area (Å²) in [5, 5.41) is 21.0. The first-order valence-electron chi connectivity index (χ1n) is 8.97. The quantitative estimate of drug-likeness (QED) is 0.407. The fourth-order valence-electron chi connectivity index (χ4n) is 2.57. The van der Waals surface area contributed by atoms with Crippen LogP contribution >= 0.6 is 23.1 Å². The molecule has 10 heteroatoms. The summed E-state index contributed by atoms with van der Waals surface area (Å²) in [5.41, 5.74) is 1.05. The van der Waals surface area contributed by atoms with E-state index in [1.165, 1.54) is 23.1 Å². The first-order chi connectivity index (χ1) is 14.0. The number of amides is 1. The second-order valence-electron chi connectivity index (χ2n) is 6.23. The molecule has 0 fully saturated rings. The summed E-state index contributed by atoms with van der Waals surface area (Å²) in [7, 11) is 0. The van der Waals surface area contributed by atoms with E-state index < -0.39 is 0 Å². The van der Waals surface area contributed by atoms with E-state index in [-0.39, 0.29) is 17.8 Å². The average Bonchev–Trinajstić information content (AvgIpc) is 3.28. The van der Waals surface area contributed by atoms with E-state index in [0.29, 0.717) is 22.7 Å². The lowest BCUT2D eigenvalue weighted by Crippen LogP contribution is -2.15. The molecule has 1 atom stereocenters. The normalized spacial score (nSPS) is 11.8. The van der Waals surface area contributed by atoms with Crippen LogP contribution in [0.4, 0.5) is 5.13 Å². The van der Waals surface area contributed by atoms with Gasteiger partial charge >= 0.3 is 0 Å². The third kappa shape index (κ3) is 5.42. The van der Waals surface area contributed by atoms with Gasteiger partial charge in [-0.3, -0.25) is 14.7 Å². The van der Waals surface area contributed by atoms with Gasteiger partial charge in [0.1, 0.15) is 10.8 Å². The van der Waals surface area contributed by atoms with Gasteiger partial charge in [-0.25, -0.2) is 0 Å². The minimum absolute atomic E-state index is 0.176. The molecule has 152 valence electrons. The number of ether oxygens (including phenoxy) is 1. The topological polar surface area (TPSA) is 94.8 Å². The first-order valence-corrected chi connectivity index (χ1v) is 10.8. The Hall–Kier alpha value is -2.72. The number of aromatic nitrogens is 5. The van der Waals surface area contributed by atoms with Crippen LogP contribution in [0, 0.1) is 13.8 Å². The van der Waals surface area contributed by atoms with Gasteiger partial charge < -0.3 is 4.74 Å². The number of hydrogen-bond donors (Lipinski definition) is 1. The number of carbonyl (C=O) groups excluding carboxylic acids is 1. The number of anilines is 1. The Morgan fingerprint density at radius 2 is 2.10 bits per heavy atom. The third-order valence-corrected chi connectivity index (χ3v) is 5.64. The molecule has 2 heterocycles. The van der Waals surface area contributed by atoms with Crippen LogP contribution < -0.4 is 10.1 Å². The zero-order valence-corrected chi connectivity index (χ0v) is 18.1. The molecule has 8 nitrogen and oxygen atoms in total. The Labute approximate surface area is 177 Å². The number of thioether (sulfide) groups is 1. The minimum Gasteiger partial charge on any atom is -0.482 e. The van der Waals surface area contributed by atoms with Crippen molar-refractivity contribution in [3.63, 3.8) is 0 Å². The zero-order chi connectivity index (χ0) is 20.8. The van der Waals surface area contributed by atoms with Crippen LogP contribution in [0.3, 0.4) is 0 Å². The second-order valence-corrected chi connectivity index (χ2v) is 8.35. The summed E-state index contributed by atoms with van der Waals surface area (Å²) < 4.78 is 7.98. The lowest BCUT2D eigenvalue weighted by molar-refractivity contribution is -0.113. The van der Waals surface area contributed by atoms with Gasteiger partial charge in [0, 0.05) is 6.54 Å². The van der Waals surface area contributed by atoms with Crippen molar-refractivity contribution in [1.29, 1.82) is 0 Å². The summed E-state index contributed by atoms with van der Waals surface area (Å²) >= 11 is 2.63. The van der Waals surface area contributed by atoms with E-state index in [1.54, 1.807) is 6.08 Å². The van der Waals surface area contributed by atoms with Gasteiger partial charge in [-0.1, -0.05) is 47.4 Å². The third-order valence-electron chi connectivity index (χ3n) is 3.92. The molecule has 0 aliphatic heterocycles. The first kappa shape index (κ1) is 21.0. The number of nitrogens with zero attached hydrogens (tertiary/aromatic N) is 5. The van der Waals surface area contributed by atoms with Crippen LogP contribution in [0.25, 0.3) is 0 Å². The highest BCUT2D eigenvalue weighted by atomic mass is 32.2. The fraction of sp³-hybridized carbons (Fsp3) is 0.316. The Morgan fingerprint density at radius 3 is 2.79 bits per heavy atom. The van der Waals surface area contributed by atoms with Crippen molar-refractivity contribution >= 4 is 34.1 Å². The number of hydrogen-bond acceptors (Lipinski definition) is 8. The summed E-state index contributed by atoms with van der Waals surface area (Å²) in [5.74, 6) is 1.48. The van der Waals surface area contributed by atoms with Crippen LogP contribution in [0.1, 0.15) is 29.4 Å².